The van der Waals surface area contributed by atoms with Gasteiger partial charge < -0.3 is 10.2 Å². The maximum absolute atomic E-state index is 13.2. The lowest BCUT2D eigenvalue weighted by Gasteiger charge is -2.34. The summed E-state index contributed by atoms with van der Waals surface area (Å²) >= 11 is 0. The lowest BCUT2D eigenvalue weighted by atomic mass is 9.99. The van der Waals surface area contributed by atoms with Crippen LogP contribution < -0.4 is 5.32 Å². The third kappa shape index (κ3) is 3.59. The van der Waals surface area contributed by atoms with Gasteiger partial charge in [-0.3, -0.25) is 14.0 Å². The van der Waals surface area contributed by atoms with E-state index in [0.717, 1.165) is 45.1 Å². The molecule has 1 unspecified atom stereocenters. The zero-order chi connectivity index (χ0) is 18.5. The van der Waals surface area contributed by atoms with Gasteiger partial charge in [0.25, 0.3) is 11.8 Å². The van der Waals surface area contributed by atoms with Gasteiger partial charge in [0.2, 0.25) is 5.82 Å². The number of rotatable bonds is 6. The van der Waals surface area contributed by atoms with Crippen molar-refractivity contribution in [1.82, 2.24) is 19.6 Å². The molecule has 2 amide bonds. The largest absolute Gasteiger partial charge is 0.349 e. The molecule has 1 aliphatic heterocycles. The Hall–Kier alpha value is -2.37. The molecule has 1 saturated heterocycles. The predicted octanol–water partition coefficient (Wildman–Crippen LogP) is 3.27. The van der Waals surface area contributed by atoms with Crippen LogP contribution >= 0.6 is 0 Å². The number of nitrogens with zero attached hydrogens (tertiary/aromatic N) is 3. The van der Waals surface area contributed by atoms with Crippen LogP contribution in [0, 0.1) is 0 Å². The average Bonchev–Trinajstić information content (AvgIpc) is 3.07. The Kier molecular flexibility index (Phi) is 5.91. The zero-order valence-corrected chi connectivity index (χ0v) is 15.7. The van der Waals surface area contributed by atoms with Crippen LogP contribution in [0.5, 0.6) is 0 Å². The quantitative estimate of drug-likeness (QED) is 0.808. The van der Waals surface area contributed by atoms with Crippen molar-refractivity contribution in [2.75, 3.05) is 13.1 Å². The summed E-state index contributed by atoms with van der Waals surface area (Å²) in [6, 6.07) is 5.84. The molecule has 1 atom stereocenters. The molecule has 3 rings (SSSR count). The summed E-state index contributed by atoms with van der Waals surface area (Å²) in [6.07, 6.45) is 7.91. The van der Waals surface area contributed by atoms with Crippen LogP contribution in [-0.4, -0.2) is 45.2 Å². The summed E-state index contributed by atoms with van der Waals surface area (Å²) in [5.74, 6) is -0.0117. The lowest BCUT2D eigenvalue weighted by molar-refractivity contribution is 0.0604. The van der Waals surface area contributed by atoms with Gasteiger partial charge >= 0.3 is 0 Å². The van der Waals surface area contributed by atoms with Crippen molar-refractivity contribution in [3.8, 4) is 0 Å². The predicted molar refractivity (Wildman–Crippen MR) is 101 cm³/mol. The summed E-state index contributed by atoms with van der Waals surface area (Å²) in [6.45, 7) is 5.58. The number of imidazole rings is 1. The van der Waals surface area contributed by atoms with Crippen molar-refractivity contribution in [3.05, 3.63) is 35.9 Å². The van der Waals surface area contributed by atoms with E-state index in [-0.39, 0.29) is 23.7 Å². The van der Waals surface area contributed by atoms with E-state index in [0.29, 0.717) is 17.8 Å². The molecule has 0 aliphatic carbocycles. The van der Waals surface area contributed by atoms with E-state index >= 15 is 0 Å². The van der Waals surface area contributed by atoms with Crippen LogP contribution in [-0.2, 0) is 0 Å². The minimum absolute atomic E-state index is 0.0622. The molecule has 6 heteroatoms. The van der Waals surface area contributed by atoms with Gasteiger partial charge in [-0.05, 0) is 44.2 Å². The molecule has 0 saturated carbocycles. The van der Waals surface area contributed by atoms with Gasteiger partial charge in [0.1, 0.15) is 0 Å². The lowest BCUT2D eigenvalue weighted by Crippen LogP contribution is -2.43. The second-order valence-electron chi connectivity index (χ2n) is 6.91. The van der Waals surface area contributed by atoms with Crippen molar-refractivity contribution in [2.24, 2.45) is 0 Å². The first-order valence-electron chi connectivity index (χ1n) is 9.73. The maximum Gasteiger partial charge on any atom is 0.287 e. The van der Waals surface area contributed by atoms with Crippen LogP contribution in [0.2, 0.25) is 0 Å². The summed E-state index contributed by atoms with van der Waals surface area (Å²) in [5, 5.41) is 2.90. The molecule has 26 heavy (non-hydrogen) atoms. The highest BCUT2D eigenvalue weighted by molar-refractivity contribution is 6.02. The number of carbonyl (C=O) groups excluding carboxylic acids is 2. The van der Waals surface area contributed by atoms with E-state index in [4.69, 9.17) is 0 Å². The summed E-state index contributed by atoms with van der Waals surface area (Å²) in [5.41, 5.74) is 1.07. The molecule has 1 fully saturated rings. The second kappa shape index (κ2) is 8.34. The highest BCUT2D eigenvalue weighted by Crippen LogP contribution is 2.23. The monoisotopic (exact) mass is 356 g/mol. The van der Waals surface area contributed by atoms with Gasteiger partial charge in [-0.2, -0.15) is 0 Å². The molecular weight excluding hydrogens is 328 g/mol. The van der Waals surface area contributed by atoms with Crippen molar-refractivity contribution in [3.63, 3.8) is 0 Å². The standard InChI is InChI=1S/C20H28N4O2/c1-3-5-12-21-19(25)18-22-17(16-11-7-9-14-24(16)18)20(26)23-13-8-6-10-15(23)4-2/h7,9,11,14-15H,3-6,8,10,12-13H2,1-2H3,(H,21,25). The summed E-state index contributed by atoms with van der Waals surface area (Å²) in [4.78, 5) is 32.2. The Balaban J connectivity index is 1.93. The van der Waals surface area contributed by atoms with E-state index in [9.17, 15) is 9.59 Å². The number of likely N-dealkylation sites (tertiary alicyclic amines) is 1. The Labute approximate surface area is 154 Å². The number of unbranched alkanes of at least 4 members (excludes halogenated alkanes) is 1. The van der Waals surface area contributed by atoms with E-state index < -0.39 is 0 Å². The number of hydrogen-bond acceptors (Lipinski definition) is 3. The number of nitrogens with one attached hydrogen (secondary N) is 1. The average molecular weight is 356 g/mol. The van der Waals surface area contributed by atoms with Gasteiger partial charge in [-0.15, -0.1) is 0 Å². The molecule has 0 radical (unpaired) electrons. The van der Waals surface area contributed by atoms with E-state index in [1.807, 2.05) is 23.1 Å². The number of fused-ring (bicyclic) bond motifs is 1. The molecule has 0 spiro atoms. The van der Waals surface area contributed by atoms with Crippen LogP contribution in [0.1, 0.15) is 73.5 Å². The maximum atomic E-state index is 13.2. The van der Waals surface area contributed by atoms with Crippen LogP contribution in [0.15, 0.2) is 24.4 Å². The van der Waals surface area contributed by atoms with Crippen molar-refractivity contribution in [1.29, 1.82) is 0 Å². The molecule has 6 nitrogen and oxygen atoms in total. The van der Waals surface area contributed by atoms with Crippen molar-refractivity contribution >= 4 is 17.3 Å². The molecule has 0 aromatic carbocycles. The molecule has 140 valence electrons. The highest BCUT2D eigenvalue weighted by atomic mass is 16.2. The number of hydrogen-bond donors (Lipinski definition) is 1. The fourth-order valence-electron chi connectivity index (χ4n) is 3.64. The Bertz CT molecular complexity index is 783. The van der Waals surface area contributed by atoms with Crippen LogP contribution in [0.4, 0.5) is 0 Å². The smallest absolute Gasteiger partial charge is 0.287 e. The second-order valence-corrected chi connectivity index (χ2v) is 6.91. The molecule has 1 N–H and O–H groups in total. The number of pyridine rings is 1. The van der Waals surface area contributed by atoms with Crippen molar-refractivity contribution in [2.45, 2.75) is 58.4 Å². The van der Waals surface area contributed by atoms with E-state index in [2.05, 4.69) is 24.1 Å². The fourth-order valence-corrected chi connectivity index (χ4v) is 3.64. The number of amides is 2. The topological polar surface area (TPSA) is 66.7 Å². The van der Waals surface area contributed by atoms with Crippen LogP contribution in [0.3, 0.4) is 0 Å². The molecular formula is C20H28N4O2. The summed E-state index contributed by atoms with van der Waals surface area (Å²) < 4.78 is 1.72. The highest BCUT2D eigenvalue weighted by Gasteiger charge is 2.30. The molecule has 1 aliphatic rings. The third-order valence-corrected chi connectivity index (χ3v) is 5.13. The minimum Gasteiger partial charge on any atom is -0.349 e. The molecule has 2 aromatic rings. The van der Waals surface area contributed by atoms with Gasteiger partial charge in [0.15, 0.2) is 5.69 Å². The zero-order valence-electron chi connectivity index (χ0n) is 15.7. The number of piperidine rings is 1. The number of aromatic nitrogens is 2. The van der Waals surface area contributed by atoms with Gasteiger partial charge in [0.05, 0.1) is 5.52 Å². The Morgan fingerprint density at radius 3 is 2.88 bits per heavy atom. The SMILES string of the molecule is CCCCNC(=O)c1nc(C(=O)N2CCCCC2CC)c2ccccn12. The van der Waals surface area contributed by atoms with Crippen molar-refractivity contribution < 1.29 is 9.59 Å². The Morgan fingerprint density at radius 2 is 2.12 bits per heavy atom. The van der Waals surface area contributed by atoms with Gasteiger partial charge in [-0.25, -0.2) is 4.98 Å². The number of carbonyl (C=O) groups is 2. The van der Waals surface area contributed by atoms with Crippen LogP contribution in [0.25, 0.3) is 5.52 Å². The molecule has 2 aromatic heterocycles. The van der Waals surface area contributed by atoms with Gasteiger partial charge in [0, 0.05) is 25.3 Å². The fraction of sp³-hybridized carbons (Fsp3) is 0.550. The first kappa shape index (κ1) is 18.4. The van der Waals surface area contributed by atoms with E-state index in [1.54, 1.807) is 10.6 Å². The molecule has 3 heterocycles. The van der Waals surface area contributed by atoms with Gasteiger partial charge in [-0.1, -0.05) is 26.3 Å². The third-order valence-electron chi connectivity index (χ3n) is 5.13. The minimum atomic E-state index is -0.232. The first-order valence-corrected chi connectivity index (χ1v) is 9.73. The van der Waals surface area contributed by atoms with E-state index in [1.165, 1.54) is 0 Å². The molecule has 0 bridgehead atoms. The normalized spacial score (nSPS) is 17.5. The Morgan fingerprint density at radius 1 is 1.27 bits per heavy atom. The first-order chi connectivity index (χ1) is 12.7. The summed E-state index contributed by atoms with van der Waals surface area (Å²) in [7, 11) is 0.